The van der Waals surface area contributed by atoms with Crippen LogP contribution in [0.15, 0.2) is 48.5 Å². The monoisotopic (exact) mass is 428 g/mol. The van der Waals surface area contributed by atoms with E-state index in [-0.39, 0.29) is 22.4 Å². The summed E-state index contributed by atoms with van der Waals surface area (Å²) in [5.74, 6) is -1.78. The molecule has 9 heteroatoms. The molecule has 0 bridgehead atoms. The Kier molecular flexibility index (Phi) is 5.80. The molecule has 1 unspecified atom stereocenters. The van der Waals surface area contributed by atoms with E-state index in [9.17, 15) is 18.4 Å². The van der Waals surface area contributed by atoms with Crippen LogP contribution in [-0.4, -0.2) is 40.0 Å². The molecule has 2 heterocycles. The maximum absolute atomic E-state index is 14.0. The van der Waals surface area contributed by atoms with Gasteiger partial charge in [-0.2, -0.15) is 0 Å². The Labute approximate surface area is 175 Å². The van der Waals surface area contributed by atoms with E-state index >= 15 is 0 Å². The van der Waals surface area contributed by atoms with Crippen LogP contribution in [0.1, 0.15) is 43.9 Å². The molecule has 0 saturated carbocycles. The number of anilines is 1. The largest absolute Gasteiger partial charge is 0.338 e. The van der Waals surface area contributed by atoms with Gasteiger partial charge in [0, 0.05) is 24.7 Å². The fourth-order valence-corrected chi connectivity index (χ4v) is 4.24. The van der Waals surface area contributed by atoms with Crippen LogP contribution in [0, 0.1) is 11.6 Å². The summed E-state index contributed by atoms with van der Waals surface area (Å²) in [5, 5.41) is 11.6. The van der Waals surface area contributed by atoms with Crippen molar-refractivity contribution in [2.24, 2.45) is 0 Å². The molecule has 0 aliphatic carbocycles. The number of likely N-dealkylation sites (tertiary alicyclic amines) is 1. The zero-order chi connectivity index (χ0) is 21.1. The first-order valence-electron chi connectivity index (χ1n) is 9.45. The highest BCUT2D eigenvalue weighted by molar-refractivity contribution is 7.13. The second-order valence-electron chi connectivity index (χ2n) is 6.98. The number of nitrogens with zero attached hydrogens (tertiary/aromatic N) is 3. The number of rotatable bonds is 4. The zero-order valence-corrected chi connectivity index (χ0v) is 16.7. The van der Waals surface area contributed by atoms with E-state index in [2.05, 4.69) is 15.5 Å². The second kappa shape index (κ2) is 8.66. The van der Waals surface area contributed by atoms with Crippen molar-refractivity contribution in [2.45, 2.75) is 18.8 Å². The van der Waals surface area contributed by atoms with Crippen molar-refractivity contribution in [1.29, 1.82) is 0 Å². The van der Waals surface area contributed by atoms with Gasteiger partial charge >= 0.3 is 0 Å². The van der Waals surface area contributed by atoms with Gasteiger partial charge in [0.2, 0.25) is 5.01 Å². The topological polar surface area (TPSA) is 75.2 Å². The molecule has 154 valence electrons. The molecular weight excluding hydrogens is 410 g/mol. The number of halogens is 2. The van der Waals surface area contributed by atoms with Crippen molar-refractivity contribution in [3.8, 4) is 0 Å². The predicted octanol–water partition coefficient (Wildman–Crippen LogP) is 4.09. The smallest absolute Gasteiger partial charge is 0.286 e. The molecule has 1 aliphatic heterocycles. The summed E-state index contributed by atoms with van der Waals surface area (Å²) in [6.45, 7) is 0.932. The summed E-state index contributed by atoms with van der Waals surface area (Å²) in [7, 11) is 0. The molecule has 1 aromatic heterocycles. The minimum atomic E-state index is -0.541. The number of aromatic nitrogens is 2. The Hall–Kier alpha value is -3.20. The Balaban J connectivity index is 1.44. The molecule has 4 rings (SSSR count). The first kappa shape index (κ1) is 20.1. The third kappa shape index (κ3) is 4.35. The molecule has 30 heavy (non-hydrogen) atoms. The molecule has 2 aromatic carbocycles. The van der Waals surface area contributed by atoms with E-state index in [1.165, 1.54) is 36.4 Å². The van der Waals surface area contributed by atoms with E-state index in [0.717, 1.165) is 24.2 Å². The zero-order valence-electron chi connectivity index (χ0n) is 15.8. The first-order chi connectivity index (χ1) is 14.5. The van der Waals surface area contributed by atoms with Crippen LogP contribution in [0.25, 0.3) is 0 Å². The van der Waals surface area contributed by atoms with E-state index in [1.54, 1.807) is 17.0 Å². The number of hydrogen-bond acceptors (Lipinski definition) is 5. The van der Waals surface area contributed by atoms with Gasteiger partial charge in [0.25, 0.3) is 11.8 Å². The van der Waals surface area contributed by atoms with Crippen LogP contribution in [0.3, 0.4) is 0 Å². The molecule has 1 fully saturated rings. The molecule has 2 amide bonds. The average molecular weight is 428 g/mol. The van der Waals surface area contributed by atoms with E-state index in [0.29, 0.717) is 23.8 Å². The fraction of sp³-hybridized carbons (Fsp3) is 0.238. The highest BCUT2D eigenvalue weighted by Crippen LogP contribution is 2.30. The van der Waals surface area contributed by atoms with Gasteiger partial charge in [0.05, 0.1) is 5.56 Å². The normalized spacial score (nSPS) is 16.3. The molecule has 0 radical (unpaired) electrons. The lowest BCUT2D eigenvalue weighted by atomic mass is 9.98. The van der Waals surface area contributed by atoms with Crippen molar-refractivity contribution >= 4 is 28.8 Å². The van der Waals surface area contributed by atoms with Crippen LogP contribution < -0.4 is 5.32 Å². The maximum atomic E-state index is 14.0. The third-order valence-electron chi connectivity index (χ3n) is 4.90. The van der Waals surface area contributed by atoms with Crippen molar-refractivity contribution in [1.82, 2.24) is 15.1 Å². The molecular formula is C21H18F2N4O2S. The number of carbonyl (C=O) groups is 2. The molecule has 1 aliphatic rings. The summed E-state index contributed by atoms with van der Waals surface area (Å²) in [6.07, 6.45) is 1.55. The van der Waals surface area contributed by atoms with Gasteiger partial charge in [0.1, 0.15) is 16.6 Å². The summed E-state index contributed by atoms with van der Waals surface area (Å²) in [6, 6.07) is 11.4. The summed E-state index contributed by atoms with van der Waals surface area (Å²) in [5.41, 5.74) is 0.507. The number of nitrogens with one attached hydrogen (secondary N) is 1. The number of benzene rings is 2. The quantitative estimate of drug-likeness (QED) is 0.679. The second-order valence-corrected chi connectivity index (χ2v) is 7.99. The Bertz CT molecular complexity index is 1070. The Morgan fingerprint density at radius 1 is 1.07 bits per heavy atom. The van der Waals surface area contributed by atoms with Crippen LogP contribution >= 0.6 is 11.3 Å². The standard InChI is InChI=1S/C21H18F2N4O2S/c22-14-7-9-15(10-8-14)24-18(28)20-26-25-19(30-20)13-4-3-11-27(12-13)21(29)16-5-1-2-6-17(16)23/h1-2,5-10,13H,3-4,11-12H2,(H,24,28). The van der Waals surface area contributed by atoms with Gasteiger partial charge in [-0.25, -0.2) is 8.78 Å². The molecule has 6 nitrogen and oxygen atoms in total. The van der Waals surface area contributed by atoms with Gasteiger partial charge in [-0.3, -0.25) is 9.59 Å². The van der Waals surface area contributed by atoms with Gasteiger partial charge in [-0.15, -0.1) is 10.2 Å². The molecule has 1 saturated heterocycles. The van der Waals surface area contributed by atoms with Crippen molar-refractivity contribution in [2.75, 3.05) is 18.4 Å². The summed E-state index contributed by atoms with van der Waals surface area (Å²) < 4.78 is 27.0. The van der Waals surface area contributed by atoms with Crippen molar-refractivity contribution in [3.63, 3.8) is 0 Å². The predicted molar refractivity (Wildman–Crippen MR) is 109 cm³/mol. The molecule has 0 spiro atoms. The minimum absolute atomic E-state index is 0.0507. The van der Waals surface area contributed by atoms with E-state index in [4.69, 9.17) is 0 Å². The minimum Gasteiger partial charge on any atom is -0.338 e. The number of amides is 2. The van der Waals surface area contributed by atoms with Crippen LogP contribution in [-0.2, 0) is 0 Å². The number of piperidine rings is 1. The highest BCUT2D eigenvalue weighted by atomic mass is 32.1. The van der Waals surface area contributed by atoms with Crippen LogP contribution in [0.2, 0.25) is 0 Å². The third-order valence-corrected chi connectivity index (χ3v) is 5.98. The molecule has 1 N–H and O–H groups in total. The lowest BCUT2D eigenvalue weighted by Gasteiger charge is -2.31. The number of carbonyl (C=O) groups excluding carboxylic acids is 2. The summed E-state index contributed by atoms with van der Waals surface area (Å²) >= 11 is 1.16. The summed E-state index contributed by atoms with van der Waals surface area (Å²) in [4.78, 5) is 26.7. The first-order valence-corrected chi connectivity index (χ1v) is 10.3. The molecule has 1 atom stereocenters. The average Bonchev–Trinajstić information content (AvgIpc) is 3.26. The van der Waals surface area contributed by atoms with Gasteiger partial charge in [-0.05, 0) is 49.2 Å². The Morgan fingerprint density at radius 2 is 1.83 bits per heavy atom. The lowest BCUT2D eigenvalue weighted by molar-refractivity contribution is 0.0702. The van der Waals surface area contributed by atoms with Gasteiger partial charge < -0.3 is 10.2 Å². The number of hydrogen-bond donors (Lipinski definition) is 1. The Morgan fingerprint density at radius 3 is 2.60 bits per heavy atom. The fourth-order valence-electron chi connectivity index (χ4n) is 3.38. The van der Waals surface area contributed by atoms with Gasteiger partial charge in [-0.1, -0.05) is 23.5 Å². The van der Waals surface area contributed by atoms with E-state index in [1.807, 2.05) is 0 Å². The maximum Gasteiger partial charge on any atom is 0.286 e. The SMILES string of the molecule is O=C(Nc1ccc(F)cc1)c1nnc(C2CCCN(C(=O)c3ccccc3F)C2)s1. The van der Waals surface area contributed by atoms with Gasteiger partial charge in [0.15, 0.2) is 0 Å². The van der Waals surface area contributed by atoms with Crippen molar-refractivity contribution in [3.05, 3.63) is 75.7 Å². The highest BCUT2D eigenvalue weighted by Gasteiger charge is 2.29. The lowest BCUT2D eigenvalue weighted by Crippen LogP contribution is -2.39. The van der Waals surface area contributed by atoms with Crippen molar-refractivity contribution < 1.29 is 18.4 Å². The van der Waals surface area contributed by atoms with Crippen LogP contribution in [0.4, 0.5) is 14.5 Å². The van der Waals surface area contributed by atoms with Crippen LogP contribution in [0.5, 0.6) is 0 Å². The van der Waals surface area contributed by atoms with E-state index < -0.39 is 17.5 Å². The molecule has 3 aromatic rings.